The molecular formula is C13H20N2OS. The topological polar surface area (TPSA) is 44.1 Å². The largest absolute Gasteiger partial charge is 0.343 e. The Labute approximate surface area is 108 Å². The first-order valence-electron chi connectivity index (χ1n) is 6.54. The highest BCUT2D eigenvalue weighted by Crippen LogP contribution is 2.26. The van der Waals surface area contributed by atoms with Gasteiger partial charge in [0.1, 0.15) is 0 Å². The summed E-state index contributed by atoms with van der Waals surface area (Å²) in [5.41, 5.74) is 0. The van der Waals surface area contributed by atoms with E-state index in [1.165, 1.54) is 24.3 Å². The highest BCUT2D eigenvalue weighted by Gasteiger charge is 2.25. The highest BCUT2D eigenvalue weighted by molar-refractivity contribution is 7.99. The molecule has 2 aliphatic rings. The molecular weight excluding hydrogens is 232 g/mol. The highest BCUT2D eigenvalue weighted by atomic mass is 32.2. The maximum Gasteiger partial charge on any atom is 0.222 e. The van der Waals surface area contributed by atoms with Crippen LogP contribution in [0.15, 0.2) is 0 Å². The Kier molecular flexibility index (Phi) is 4.73. The van der Waals surface area contributed by atoms with Crippen LogP contribution in [0.25, 0.3) is 0 Å². The fourth-order valence-electron chi connectivity index (χ4n) is 2.58. The Balaban J connectivity index is 1.75. The van der Waals surface area contributed by atoms with E-state index in [2.05, 4.69) is 6.07 Å². The number of piperidine rings is 1. The van der Waals surface area contributed by atoms with Crippen molar-refractivity contribution in [2.24, 2.45) is 11.8 Å². The van der Waals surface area contributed by atoms with Gasteiger partial charge in [-0.25, -0.2) is 0 Å². The maximum atomic E-state index is 12.1. The van der Waals surface area contributed by atoms with E-state index in [4.69, 9.17) is 5.26 Å². The van der Waals surface area contributed by atoms with Gasteiger partial charge in [-0.1, -0.05) is 0 Å². The van der Waals surface area contributed by atoms with Crippen LogP contribution in [0, 0.1) is 23.2 Å². The summed E-state index contributed by atoms with van der Waals surface area (Å²) in [5.74, 6) is 3.53. The van der Waals surface area contributed by atoms with Gasteiger partial charge in [0.05, 0.1) is 6.07 Å². The van der Waals surface area contributed by atoms with Crippen LogP contribution in [-0.2, 0) is 4.79 Å². The molecule has 0 N–H and O–H groups in total. The number of likely N-dealkylation sites (tertiary alicyclic amines) is 1. The van der Waals surface area contributed by atoms with Gasteiger partial charge in [0.2, 0.25) is 5.91 Å². The molecule has 94 valence electrons. The standard InChI is InChI=1S/C13H20N2OS/c14-10-12-1-5-15(6-2-12)13(16)9-11-3-7-17-8-4-11/h11-12H,1-9H2. The lowest BCUT2D eigenvalue weighted by atomic mass is 9.95. The van der Waals surface area contributed by atoms with E-state index in [0.29, 0.717) is 11.8 Å². The van der Waals surface area contributed by atoms with E-state index in [1.807, 2.05) is 16.7 Å². The van der Waals surface area contributed by atoms with Gasteiger partial charge in [-0.05, 0) is 43.1 Å². The van der Waals surface area contributed by atoms with Crippen molar-refractivity contribution >= 4 is 17.7 Å². The molecule has 4 heteroatoms. The Bertz CT molecular complexity index is 299. The average molecular weight is 252 g/mol. The first-order chi connectivity index (χ1) is 8.29. The quantitative estimate of drug-likeness (QED) is 0.757. The monoisotopic (exact) mass is 252 g/mol. The molecule has 1 amide bonds. The van der Waals surface area contributed by atoms with Gasteiger partial charge in [0, 0.05) is 25.4 Å². The Morgan fingerprint density at radius 2 is 1.88 bits per heavy atom. The molecule has 17 heavy (non-hydrogen) atoms. The van der Waals surface area contributed by atoms with E-state index in [-0.39, 0.29) is 5.92 Å². The molecule has 0 radical (unpaired) electrons. The predicted octanol–water partition coefficient (Wildman–Crippen LogP) is 2.28. The van der Waals surface area contributed by atoms with Crippen molar-refractivity contribution in [3.05, 3.63) is 0 Å². The lowest BCUT2D eigenvalue weighted by molar-refractivity contribution is -0.133. The Hall–Kier alpha value is -0.690. The van der Waals surface area contributed by atoms with Gasteiger partial charge in [-0.3, -0.25) is 4.79 Å². The number of thioether (sulfide) groups is 1. The van der Waals surface area contributed by atoms with Gasteiger partial charge < -0.3 is 4.90 Å². The lowest BCUT2D eigenvalue weighted by Crippen LogP contribution is -2.39. The molecule has 0 aromatic carbocycles. The van der Waals surface area contributed by atoms with Crippen LogP contribution >= 0.6 is 11.8 Å². The van der Waals surface area contributed by atoms with Crippen LogP contribution in [0.5, 0.6) is 0 Å². The minimum atomic E-state index is 0.171. The lowest BCUT2D eigenvalue weighted by Gasteiger charge is -2.31. The zero-order valence-electron chi connectivity index (χ0n) is 10.2. The second-order valence-corrected chi connectivity index (χ2v) is 6.27. The minimum absolute atomic E-state index is 0.171. The van der Waals surface area contributed by atoms with E-state index >= 15 is 0 Å². The van der Waals surface area contributed by atoms with Crippen molar-refractivity contribution in [2.45, 2.75) is 32.1 Å². The van der Waals surface area contributed by atoms with Gasteiger partial charge in [-0.15, -0.1) is 0 Å². The fourth-order valence-corrected chi connectivity index (χ4v) is 3.79. The second kappa shape index (κ2) is 6.30. The predicted molar refractivity (Wildman–Crippen MR) is 69.6 cm³/mol. The molecule has 0 atom stereocenters. The summed E-state index contributed by atoms with van der Waals surface area (Å²) < 4.78 is 0. The van der Waals surface area contributed by atoms with Crippen LogP contribution in [0.4, 0.5) is 0 Å². The summed E-state index contributed by atoms with van der Waals surface area (Å²) in [6, 6.07) is 2.30. The number of amides is 1. The first-order valence-corrected chi connectivity index (χ1v) is 7.70. The molecule has 0 aliphatic carbocycles. The van der Waals surface area contributed by atoms with Crippen LogP contribution in [0.3, 0.4) is 0 Å². The maximum absolute atomic E-state index is 12.1. The summed E-state index contributed by atoms with van der Waals surface area (Å²) >= 11 is 2.00. The van der Waals surface area contributed by atoms with Crippen molar-refractivity contribution in [2.75, 3.05) is 24.6 Å². The van der Waals surface area contributed by atoms with Gasteiger partial charge >= 0.3 is 0 Å². The van der Waals surface area contributed by atoms with Crippen molar-refractivity contribution < 1.29 is 4.79 Å². The molecule has 0 aromatic rings. The summed E-state index contributed by atoms with van der Waals surface area (Å²) in [4.78, 5) is 14.1. The molecule has 0 bridgehead atoms. The number of hydrogen-bond donors (Lipinski definition) is 0. The third-order valence-electron chi connectivity index (χ3n) is 3.83. The first kappa shape index (κ1) is 12.8. The Morgan fingerprint density at radius 3 is 2.47 bits per heavy atom. The van der Waals surface area contributed by atoms with Crippen molar-refractivity contribution in [1.29, 1.82) is 5.26 Å². The van der Waals surface area contributed by atoms with Crippen molar-refractivity contribution in [3.63, 3.8) is 0 Å². The SMILES string of the molecule is N#CC1CCN(C(=O)CC2CCSCC2)CC1. The van der Waals surface area contributed by atoms with Crippen molar-refractivity contribution in [1.82, 2.24) is 4.90 Å². The molecule has 2 saturated heterocycles. The third kappa shape index (κ3) is 3.64. The molecule has 2 fully saturated rings. The molecule has 0 saturated carbocycles. The molecule has 0 unspecified atom stereocenters. The molecule has 3 nitrogen and oxygen atoms in total. The third-order valence-corrected chi connectivity index (χ3v) is 4.88. The van der Waals surface area contributed by atoms with Gasteiger partial charge in [-0.2, -0.15) is 17.0 Å². The number of nitrogens with zero attached hydrogens (tertiary/aromatic N) is 2. The zero-order chi connectivity index (χ0) is 12.1. The van der Waals surface area contributed by atoms with Gasteiger partial charge in [0.15, 0.2) is 0 Å². The summed E-state index contributed by atoms with van der Waals surface area (Å²) in [6.07, 6.45) is 4.86. The molecule has 0 aromatic heterocycles. The van der Waals surface area contributed by atoms with Crippen molar-refractivity contribution in [3.8, 4) is 6.07 Å². The molecule has 2 heterocycles. The van der Waals surface area contributed by atoms with E-state index in [1.54, 1.807) is 0 Å². The number of carbonyl (C=O) groups excluding carboxylic acids is 1. The minimum Gasteiger partial charge on any atom is -0.343 e. The number of carbonyl (C=O) groups is 1. The smallest absolute Gasteiger partial charge is 0.222 e. The second-order valence-electron chi connectivity index (χ2n) is 5.04. The molecule has 0 spiro atoms. The van der Waals surface area contributed by atoms with Gasteiger partial charge in [0.25, 0.3) is 0 Å². The van der Waals surface area contributed by atoms with E-state index in [0.717, 1.165) is 32.4 Å². The molecule has 2 aliphatic heterocycles. The van der Waals surface area contributed by atoms with Crippen LogP contribution in [-0.4, -0.2) is 35.4 Å². The number of rotatable bonds is 2. The van der Waals surface area contributed by atoms with Crippen LogP contribution in [0.1, 0.15) is 32.1 Å². The Morgan fingerprint density at radius 1 is 1.24 bits per heavy atom. The summed E-state index contributed by atoms with van der Waals surface area (Å²) in [7, 11) is 0. The normalized spacial score (nSPS) is 23.4. The summed E-state index contributed by atoms with van der Waals surface area (Å²) in [6.45, 7) is 1.58. The number of hydrogen-bond acceptors (Lipinski definition) is 3. The zero-order valence-corrected chi connectivity index (χ0v) is 11.0. The fraction of sp³-hybridized carbons (Fsp3) is 0.846. The van der Waals surface area contributed by atoms with Crippen LogP contribution in [0.2, 0.25) is 0 Å². The summed E-state index contributed by atoms with van der Waals surface area (Å²) in [5, 5.41) is 8.82. The van der Waals surface area contributed by atoms with E-state index < -0.39 is 0 Å². The van der Waals surface area contributed by atoms with E-state index in [9.17, 15) is 4.79 Å². The average Bonchev–Trinajstić information content (AvgIpc) is 2.40. The number of nitriles is 1. The van der Waals surface area contributed by atoms with Crippen LogP contribution < -0.4 is 0 Å². The molecule has 2 rings (SSSR count).